The summed E-state index contributed by atoms with van der Waals surface area (Å²) in [5.41, 5.74) is 0. The molecule has 0 saturated heterocycles. The predicted octanol–water partition coefficient (Wildman–Crippen LogP) is 1.15. The maximum atomic E-state index is 12.0. The van der Waals surface area contributed by atoms with Crippen LogP contribution >= 0.6 is 0 Å². The van der Waals surface area contributed by atoms with E-state index in [1.807, 2.05) is 6.92 Å². The minimum Gasteiger partial charge on any atom is -0.373 e. The fourth-order valence-corrected chi connectivity index (χ4v) is 2.50. The predicted molar refractivity (Wildman–Crippen MR) is 63.9 cm³/mol. The molecule has 0 aliphatic heterocycles. The van der Waals surface area contributed by atoms with Crippen LogP contribution in [0, 0.1) is 0 Å². The average Bonchev–Trinajstić information content (AvgIpc) is 2.29. The summed E-state index contributed by atoms with van der Waals surface area (Å²) in [6.45, 7) is 2.45. The molecule has 0 radical (unpaired) electrons. The lowest BCUT2D eigenvalue weighted by Gasteiger charge is -2.15. The zero-order valence-electron chi connectivity index (χ0n) is 9.77. The van der Waals surface area contributed by atoms with Crippen molar-refractivity contribution in [3.05, 3.63) is 18.3 Å². The number of anilines is 1. The number of nitrogens with zero attached hydrogens (tertiary/aromatic N) is 2. The second kappa shape index (κ2) is 5.27. The Morgan fingerprint density at radius 3 is 2.56 bits per heavy atom. The Balaban J connectivity index is 2.98. The highest BCUT2D eigenvalue weighted by atomic mass is 32.2. The zero-order valence-corrected chi connectivity index (χ0v) is 10.6. The zero-order chi connectivity index (χ0) is 12.2. The van der Waals surface area contributed by atoms with Gasteiger partial charge in [0.25, 0.3) is 0 Å². The van der Waals surface area contributed by atoms with Crippen LogP contribution in [0.4, 0.5) is 5.82 Å². The normalized spacial score (nSPS) is 11.8. The molecule has 16 heavy (non-hydrogen) atoms. The maximum absolute atomic E-state index is 12.0. The Bertz CT molecular complexity index is 428. The van der Waals surface area contributed by atoms with Crippen LogP contribution in [0.2, 0.25) is 0 Å². The van der Waals surface area contributed by atoms with E-state index in [4.69, 9.17) is 0 Å². The average molecular weight is 243 g/mol. The van der Waals surface area contributed by atoms with Crippen LogP contribution in [-0.2, 0) is 10.0 Å². The highest BCUT2D eigenvalue weighted by Crippen LogP contribution is 2.14. The quantitative estimate of drug-likeness (QED) is 0.842. The molecule has 0 unspecified atom stereocenters. The molecular weight excluding hydrogens is 226 g/mol. The Morgan fingerprint density at radius 2 is 2.12 bits per heavy atom. The Morgan fingerprint density at radius 1 is 1.44 bits per heavy atom. The van der Waals surface area contributed by atoms with Gasteiger partial charge in [0.05, 0.1) is 0 Å². The van der Waals surface area contributed by atoms with Gasteiger partial charge in [0.2, 0.25) is 10.0 Å². The number of hydrogen-bond donors (Lipinski definition) is 1. The number of pyridine rings is 1. The van der Waals surface area contributed by atoms with Gasteiger partial charge in [0, 0.05) is 26.8 Å². The number of hydrogen-bond acceptors (Lipinski definition) is 4. The van der Waals surface area contributed by atoms with Gasteiger partial charge in [-0.15, -0.1) is 0 Å². The summed E-state index contributed by atoms with van der Waals surface area (Å²) < 4.78 is 25.3. The molecule has 1 aromatic rings. The molecule has 0 amide bonds. The number of nitrogens with one attached hydrogen (secondary N) is 1. The highest BCUT2D eigenvalue weighted by molar-refractivity contribution is 7.89. The second-order valence-electron chi connectivity index (χ2n) is 3.46. The summed E-state index contributed by atoms with van der Waals surface area (Å²) in [6, 6.07) is 3.20. The lowest BCUT2D eigenvalue weighted by atomic mass is 10.5. The summed E-state index contributed by atoms with van der Waals surface area (Å²) in [6.07, 6.45) is 2.16. The largest absolute Gasteiger partial charge is 0.373 e. The Hall–Kier alpha value is -1.14. The topological polar surface area (TPSA) is 62.3 Å². The lowest BCUT2D eigenvalue weighted by Crippen LogP contribution is -2.27. The molecular formula is C10H17N3O2S. The maximum Gasteiger partial charge on any atom is 0.244 e. The fourth-order valence-electron chi connectivity index (χ4n) is 1.30. The molecule has 0 aliphatic rings. The third-order valence-electron chi connectivity index (χ3n) is 2.24. The van der Waals surface area contributed by atoms with E-state index in [-0.39, 0.29) is 4.90 Å². The second-order valence-corrected chi connectivity index (χ2v) is 5.50. The summed E-state index contributed by atoms with van der Waals surface area (Å²) in [5.74, 6) is 0.650. The first-order valence-electron chi connectivity index (χ1n) is 5.12. The Labute approximate surface area is 96.5 Å². The van der Waals surface area contributed by atoms with Crippen LogP contribution < -0.4 is 5.32 Å². The van der Waals surface area contributed by atoms with Crippen LogP contribution in [0.5, 0.6) is 0 Å². The van der Waals surface area contributed by atoms with Gasteiger partial charge in [-0.2, -0.15) is 0 Å². The van der Waals surface area contributed by atoms with E-state index >= 15 is 0 Å². The van der Waals surface area contributed by atoms with Crippen molar-refractivity contribution < 1.29 is 8.42 Å². The molecule has 1 N–H and O–H groups in total. The minimum absolute atomic E-state index is 0.224. The number of sulfonamides is 1. The van der Waals surface area contributed by atoms with Crippen LogP contribution in [0.1, 0.15) is 13.3 Å². The van der Waals surface area contributed by atoms with E-state index in [9.17, 15) is 8.42 Å². The van der Waals surface area contributed by atoms with E-state index in [1.54, 1.807) is 26.2 Å². The lowest BCUT2D eigenvalue weighted by molar-refractivity contribution is 0.468. The van der Waals surface area contributed by atoms with Gasteiger partial charge < -0.3 is 5.32 Å². The van der Waals surface area contributed by atoms with Crippen molar-refractivity contribution in [2.45, 2.75) is 18.2 Å². The van der Waals surface area contributed by atoms with E-state index in [1.165, 1.54) is 10.5 Å². The van der Waals surface area contributed by atoms with E-state index in [0.29, 0.717) is 12.4 Å². The first-order valence-corrected chi connectivity index (χ1v) is 6.56. The molecule has 0 aliphatic carbocycles. The van der Waals surface area contributed by atoms with Crippen LogP contribution in [-0.4, -0.2) is 38.3 Å². The molecule has 1 rings (SSSR count). The molecule has 5 nitrogen and oxygen atoms in total. The first kappa shape index (κ1) is 12.9. The van der Waals surface area contributed by atoms with Gasteiger partial charge in [0.1, 0.15) is 10.7 Å². The summed E-state index contributed by atoms with van der Waals surface area (Å²) in [7, 11) is -0.0730. The van der Waals surface area contributed by atoms with E-state index in [0.717, 1.165) is 6.42 Å². The number of aromatic nitrogens is 1. The summed E-state index contributed by atoms with van der Waals surface area (Å²) in [4.78, 5) is 4.21. The van der Waals surface area contributed by atoms with E-state index < -0.39 is 10.0 Å². The monoisotopic (exact) mass is 243 g/mol. The van der Waals surface area contributed by atoms with Crippen molar-refractivity contribution in [2.75, 3.05) is 26.0 Å². The molecule has 0 spiro atoms. The third kappa shape index (κ3) is 2.70. The van der Waals surface area contributed by atoms with Gasteiger partial charge in [-0.25, -0.2) is 17.7 Å². The molecule has 0 fully saturated rings. The first-order chi connectivity index (χ1) is 7.52. The minimum atomic E-state index is -3.38. The molecule has 0 bridgehead atoms. The summed E-state index contributed by atoms with van der Waals surface area (Å²) >= 11 is 0. The van der Waals surface area contributed by atoms with Crippen LogP contribution in [0.15, 0.2) is 23.2 Å². The molecule has 1 aromatic heterocycles. The van der Waals surface area contributed by atoms with Crippen molar-refractivity contribution in [2.24, 2.45) is 0 Å². The van der Waals surface area contributed by atoms with Crippen molar-refractivity contribution in [1.29, 1.82) is 0 Å². The highest BCUT2D eigenvalue weighted by Gasteiger charge is 2.19. The molecule has 1 heterocycles. The molecule has 0 aromatic carbocycles. The Kier molecular flexibility index (Phi) is 4.26. The van der Waals surface area contributed by atoms with Crippen LogP contribution in [0.25, 0.3) is 0 Å². The van der Waals surface area contributed by atoms with Gasteiger partial charge >= 0.3 is 0 Å². The molecule has 0 saturated carbocycles. The van der Waals surface area contributed by atoms with Crippen molar-refractivity contribution in [3.8, 4) is 0 Å². The van der Waals surface area contributed by atoms with Gasteiger partial charge in [-0.05, 0) is 18.6 Å². The third-order valence-corrected chi connectivity index (χ3v) is 4.08. The SMILES string of the molecule is CCCN(C)S(=O)(=O)c1ccc(NC)nc1. The molecule has 0 atom stereocenters. The molecule has 90 valence electrons. The van der Waals surface area contributed by atoms with Crippen LogP contribution in [0.3, 0.4) is 0 Å². The molecule has 6 heteroatoms. The van der Waals surface area contributed by atoms with Crippen molar-refractivity contribution in [1.82, 2.24) is 9.29 Å². The smallest absolute Gasteiger partial charge is 0.244 e. The van der Waals surface area contributed by atoms with Gasteiger partial charge in [0.15, 0.2) is 0 Å². The fraction of sp³-hybridized carbons (Fsp3) is 0.500. The van der Waals surface area contributed by atoms with Gasteiger partial charge in [-0.1, -0.05) is 6.92 Å². The number of rotatable bonds is 5. The van der Waals surface area contributed by atoms with Crippen molar-refractivity contribution >= 4 is 15.8 Å². The van der Waals surface area contributed by atoms with E-state index in [2.05, 4.69) is 10.3 Å². The summed E-state index contributed by atoms with van der Waals surface area (Å²) in [5, 5.41) is 2.84. The van der Waals surface area contributed by atoms with Crippen molar-refractivity contribution in [3.63, 3.8) is 0 Å². The van der Waals surface area contributed by atoms with Gasteiger partial charge in [-0.3, -0.25) is 0 Å². The standard InChI is InChI=1S/C10H17N3O2S/c1-4-7-13(3)16(14,15)9-5-6-10(11-2)12-8-9/h5-6,8H,4,7H2,1-3H3,(H,11,12).